The fraction of sp³-hybridized carbons (Fsp3) is 0.400. The first-order valence-electron chi connectivity index (χ1n) is 4.94. The quantitative estimate of drug-likeness (QED) is 0.835. The molecule has 7 heteroatoms. The molecule has 1 aromatic rings. The molecule has 3 nitrogen and oxygen atoms in total. The van der Waals surface area contributed by atoms with Gasteiger partial charge in [-0.05, 0) is 24.6 Å². The Morgan fingerprint density at radius 3 is 2.65 bits per heavy atom. The standard InChI is InChI=1S/C10H12BrClFNO2S/c1-2-8(6-12)14-17(15,16)10-4-3-7(11)5-9(10)13/h3-5,8,14H,2,6H2,1H3. The maximum absolute atomic E-state index is 13.5. The molecule has 0 saturated carbocycles. The molecular formula is C10H12BrClFNO2S. The van der Waals surface area contributed by atoms with Crippen LogP contribution < -0.4 is 4.72 Å². The molecule has 1 rings (SSSR count). The van der Waals surface area contributed by atoms with Gasteiger partial charge in [-0.25, -0.2) is 17.5 Å². The first-order valence-corrected chi connectivity index (χ1v) is 7.75. The maximum atomic E-state index is 13.5. The third kappa shape index (κ3) is 3.91. The Labute approximate surface area is 114 Å². The SMILES string of the molecule is CCC(CCl)NS(=O)(=O)c1ccc(Br)cc1F. The molecule has 0 radical (unpaired) electrons. The Kier molecular flexibility index (Phi) is 5.37. The minimum atomic E-state index is -3.86. The Hall–Kier alpha value is -0.170. The van der Waals surface area contributed by atoms with Gasteiger partial charge in [0.25, 0.3) is 0 Å². The zero-order chi connectivity index (χ0) is 13.1. The molecule has 0 fully saturated rings. The van der Waals surface area contributed by atoms with Crippen molar-refractivity contribution in [3.63, 3.8) is 0 Å². The van der Waals surface area contributed by atoms with Gasteiger partial charge in [0.2, 0.25) is 10.0 Å². The smallest absolute Gasteiger partial charge is 0.207 e. The lowest BCUT2D eigenvalue weighted by Crippen LogP contribution is -2.36. The summed E-state index contributed by atoms with van der Waals surface area (Å²) in [5.74, 6) is -0.648. The average molecular weight is 345 g/mol. The van der Waals surface area contributed by atoms with Crippen LogP contribution in [0.5, 0.6) is 0 Å². The van der Waals surface area contributed by atoms with Gasteiger partial charge in [0.15, 0.2) is 0 Å². The number of sulfonamides is 1. The van der Waals surface area contributed by atoms with Gasteiger partial charge in [-0.2, -0.15) is 0 Å². The van der Waals surface area contributed by atoms with Gasteiger partial charge in [0, 0.05) is 16.4 Å². The summed E-state index contributed by atoms with van der Waals surface area (Å²) >= 11 is 8.66. The second-order valence-corrected chi connectivity index (χ2v) is 6.36. The highest BCUT2D eigenvalue weighted by Gasteiger charge is 2.22. The minimum absolute atomic E-state index is 0.147. The number of halogens is 3. The third-order valence-corrected chi connectivity index (χ3v) is 4.60. The molecule has 0 bridgehead atoms. The number of rotatable bonds is 5. The molecule has 0 aliphatic heterocycles. The van der Waals surface area contributed by atoms with E-state index < -0.39 is 21.9 Å². The summed E-state index contributed by atoms with van der Waals surface area (Å²) in [5.41, 5.74) is 0. The molecule has 1 aromatic carbocycles. The van der Waals surface area contributed by atoms with Gasteiger partial charge in [-0.3, -0.25) is 0 Å². The molecule has 1 atom stereocenters. The van der Waals surface area contributed by atoms with Crippen LogP contribution in [0.25, 0.3) is 0 Å². The van der Waals surface area contributed by atoms with E-state index >= 15 is 0 Å². The number of alkyl halides is 1. The Morgan fingerprint density at radius 2 is 2.18 bits per heavy atom. The summed E-state index contributed by atoms with van der Waals surface area (Å²) in [5, 5.41) is 0. The molecule has 0 amide bonds. The van der Waals surface area contributed by atoms with Crippen LogP contribution in [-0.2, 0) is 10.0 Å². The molecule has 96 valence electrons. The summed E-state index contributed by atoms with van der Waals surface area (Å²) in [4.78, 5) is -0.371. The predicted octanol–water partition coefficient (Wildman–Crippen LogP) is 2.88. The van der Waals surface area contributed by atoms with Gasteiger partial charge < -0.3 is 0 Å². The molecule has 0 aliphatic carbocycles. The Morgan fingerprint density at radius 1 is 1.53 bits per heavy atom. The maximum Gasteiger partial charge on any atom is 0.243 e. The van der Waals surface area contributed by atoms with Crippen LogP contribution in [0.3, 0.4) is 0 Å². The van der Waals surface area contributed by atoms with E-state index in [1.807, 2.05) is 0 Å². The van der Waals surface area contributed by atoms with Crippen LogP contribution in [0.15, 0.2) is 27.6 Å². The van der Waals surface area contributed by atoms with Gasteiger partial charge in [-0.15, -0.1) is 11.6 Å². The summed E-state index contributed by atoms with van der Waals surface area (Å²) in [6.45, 7) is 1.80. The van der Waals surface area contributed by atoms with E-state index in [9.17, 15) is 12.8 Å². The number of nitrogens with one attached hydrogen (secondary N) is 1. The molecule has 0 saturated heterocycles. The monoisotopic (exact) mass is 343 g/mol. The van der Waals surface area contributed by atoms with Crippen LogP contribution in [-0.4, -0.2) is 20.3 Å². The third-order valence-electron chi connectivity index (χ3n) is 2.18. The van der Waals surface area contributed by atoms with E-state index in [0.717, 1.165) is 6.07 Å². The van der Waals surface area contributed by atoms with Crippen LogP contribution in [0.2, 0.25) is 0 Å². The van der Waals surface area contributed by atoms with E-state index in [1.165, 1.54) is 12.1 Å². The molecular weight excluding hydrogens is 333 g/mol. The first kappa shape index (κ1) is 14.9. The van der Waals surface area contributed by atoms with Gasteiger partial charge >= 0.3 is 0 Å². The first-order chi connectivity index (χ1) is 7.90. The summed E-state index contributed by atoms with van der Waals surface area (Å²) < 4.78 is 40.1. The summed E-state index contributed by atoms with van der Waals surface area (Å²) in [6, 6.07) is 3.39. The molecule has 0 aromatic heterocycles. The van der Waals surface area contributed by atoms with Crippen molar-refractivity contribution >= 4 is 37.6 Å². The normalized spacial score (nSPS) is 13.6. The number of hydrogen-bond donors (Lipinski definition) is 1. The van der Waals surface area contributed by atoms with E-state index in [-0.39, 0.29) is 10.8 Å². The zero-order valence-electron chi connectivity index (χ0n) is 9.08. The van der Waals surface area contributed by atoms with Crippen molar-refractivity contribution in [1.82, 2.24) is 4.72 Å². The summed E-state index contributed by atoms with van der Waals surface area (Å²) in [6.07, 6.45) is 0.543. The molecule has 17 heavy (non-hydrogen) atoms. The predicted molar refractivity (Wildman–Crippen MR) is 69.2 cm³/mol. The minimum Gasteiger partial charge on any atom is -0.207 e. The van der Waals surface area contributed by atoms with E-state index in [2.05, 4.69) is 20.7 Å². The lowest BCUT2D eigenvalue weighted by Gasteiger charge is -2.14. The highest BCUT2D eigenvalue weighted by molar-refractivity contribution is 9.10. The second kappa shape index (κ2) is 6.13. The lowest BCUT2D eigenvalue weighted by atomic mass is 10.3. The topological polar surface area (TPSA) is 46.2 Å². The van der Waals surface area contributed by atoms with Crippen molar-refractivity contribution in [2.45, 2.75) is 24.3 Å². The van der Waals surface area contributed by atoms with Crippen molar-refractivity contribution < 1.29 is 12.8 Å². The largest absolute Gasteiger partial charge is 0.243 e. The lowest BCUT2D eigenvalue weighted by molar-refractivity contribution is 0.540. The van der Waals surface area contributed by atoms with Gasteiger partial charge in [0.1, 0.15) is 10.7 Å². The Balaban J connectivity index is 3.05. The number of benzene rings is 1. The van der Waals surface area contributed by atoms with E-state index in [0.29, 0.717) is 10.9 Å². The van der Waals surface area contributed by atoms with Crippen LogP contribution in [0.1, 0.15) is 13.3 Å². The second-order valence-electron chi connectivity index (χ2n) is 3.46. The molecule has 1 N–H and O–H groups in total. The number of hydrogen-bond acceptors (Lipinski definition) is 2. The fourth-order valence-electron chi connectivity index (χ4n) is 1.20. The molecule has 0 aliphatic rings. The Bertz CT molecular complexity index is 491. The van der Waals surface area contributed by atoms with Crippen molar-refractivity contribution in [3.8, 4) is 0 Å². The van der Waals surface area contributed by atoms with Crippen LogP contribution >= 0.6 is 27.5 Å². The zero-order valence-corrected chi connectivity index (χ0v) is 12.2. The van der Waals surface area contributed by atoms with Gasteiger partial charge in [-0.1, -0.05) is 22.9 Å². The van der Waals surface area contributed by atoms with Crippen molar-refractivity contribution in [2.75, 3.05) is 5.88 Å². The highest BCUT2D eigenvalue weighted by Crippen LogP contribution is 2.19. The van der Waals surface area contributed by atoms with Crippen LogP contribution in [0.4, 0.5) is 4.39 Å². The van der Waals surface area contributed by atoms with E-state index in [1.54, 1.807) is 6.92 Å². The van der Waals surface area contributed by atoms with Crippen molar-refractivity contribution in [1.29, 1.82) is 0 Å². The van der Waals surface area contributed by atoms with Crippen molar-refractivity contribution in [2.24, 2.45) is 0 Å². The van der Waals surface area contributed by atoms with Crippen molar-refractivity contribution in [3.05, 3.63) is 28.5 Å². The molecule has 0 spiro atoms. The van der Waals surface area contributed by atoms with Gasteiger partial charge in [0.05, 0.1) is 0 Å². The fourth-order valence-corrected chi connectivity index (χ4v) is 3.30. The van der Waals surface area contributed by atoms with E-state index in [4.69, 9.17) is 11.6 Å². The van der Waals surface area contributed by atoms with Crippen LogP contribution in [0, 0.1) is 5.82 Å². The highest BCUT2D eigenvalue weighted by atomic mass is 79.9. The molecule has 0 heterocycles. The summed E-state index contributed by atoms with van der Waals surface area (Å²) in [7, 11) is -3.86. The molecule has 1 unspecified atom stereocenters. The average Bonchev–Trinajstić information content (AvgIpc) is 2.25.